The van der Waals surface area contributed by atoms with E-state index in [1.165, 1.54) is 0 Å². The maximum absolute atomic E-state index is 11.1. The molecule has 4 heteroatoms. The number of nitrogens with two attached hydrogens (primary N) is 1. The minimum atomic E-state index is -0.390. The van der Waals surface area contributed by atoms with Gasteiger partial charge in [-0.1, -0.05) is 0 Å². The monoisotopic (exact) mass is 186 g/mol. The van der Waals surface area contributed by atoms with Crippen LogP contribution < -0.4 is 11.1 Å². The summed E-state index contributed by atoms with van der Waals surface area (Å²) in [6, 6.07) is 0.104. The molecular formula is C9H18N2O2. The molecule has 76 valence electrons. The zero-order chi connectivity index (χ0) is 9.84. The molecular weight excluding hydrogens is 168 g/mol. The Morgan fingerprint density at radius 2 is 2.31 bits per heavy atom. The molecule has 1 aliphatic rings. The van der Waals surface area contributed by atoms with Gasteiger partial charge in [-0.05, 0) is 26.2 Å². The normalized spacial score (nSPS) is 30.1. The van der Waals surface area contributed by atoms with Crippen molar-refractivity contribution in [3.05, 3.63) is 0 Å². The Kier molecular flexibility index (Phi) is 3.69. The van der Waals surface area contributed by atoms with Crippen LogP contribution in [0.4, 0.5) is 0 Å². The Bertz CT molecular complexity index is 184. The molecule has 0 spiro atoms. The first kappa shape index (κ1) is 10.5. The van der Waals surface area contributed by atoms with Crippen LogP contribution in [0.1, 0.15) is 26.2 Å². The SMILES string of the molecule is CNC(=O)C(C)OC1CCCC1N. The minimum Gasteiger partial charge on any atom is -0.364 e. The van der Waals surface area contributed by atoms with E-state index in [-0.39, 0.29) is 24.2 Å². The van der Waals surface area contributed by atoms with Crippen LogP contribution in [0.15, 0.2) is 0 Å². The number of nitrogens with one attached hydrogen (secondary N) is 1. The summed E-state index contributed by atoms with van der Waals surface area (Å²) in [6.45, 7) is 1.75. The third-order valence-electron chi connectivity index (χ3n) is 2.50. The summed E-state index contributed by atoms with van der Waals surface area (Å²) in [4.78, 5) is 11.1. The van der Waals surface area contributed by atoms with E-state index in [2.05, 4.69) is 5.32 Å². The van der Waals surface area contributed by atoms with Gasteiger partial charge in [0.05, 0.1) is 6.10 Å². The Morgan fingerprint density at radius 3 is 2.77 bits per heavy atom. The van der Waals surface area contributed by atoms with Gasteiger partial charge in [-0.15, -0.1) is 0 Å². The van der Waals surface area contributed by atoms with E-state index in [1.54, 1.807) is 14.0 Å². The molecule has 1 saturated carbocycles. The molecule has 1 amide bonds. The van der Waals surface area contributed by atoms with E-state index in [9.17, 15) is 4.79 Å². The van der Waals surface area contributed by atoms with E-state index in [4.69, 9.17) is 10.5 Å². The summed E-state index contributed by atoms with van der Waals surface area (Å²) in [6.07, 6.45) is 2.76. The fourth-order valence-electron chi connectivity index (χ4n) is 1.65. The molecule has 0 aromatic rings. The van der Waals surface area contributed by atoms with Crippen LogP contribution in [-0.4, -0.2) is 31.2 Å². The third kappa shape index (κ3) is 2.67. The van der Waals surface area contributed by atoms with Gasteiger partial charge in [-0.25, -0.2) is 0 Å². The lowest BCUT2D eigenvalue weighted by atomic mass is 10.2. The van der Waals surface area contributed by atoms with E-state index >= 15 is 0 Å². The van der Waals surface area contributed by atoms with Gasteiger partial charge < -0.3 is 15.8 Å². The molecule has 0 saturated heterocycles. The van der Waals surface area contributed by atoms with E-state index in [0.29, 0.717) is 0 Å². The number of hydrogen-bond acceptors (Lipinski definition) is 3. The molecule has 0 aromatic heterocycles. The summed E-state index contributed by atoms with van der Waals surface area (Å²) < 4.78 is 5.54. The van der Waals surface area contributed by atoms with Gasteiger partial charge >= 0.3 is 0 Å². The Labute approximate surface area is 78.8 Å². The van der Waals surface area contributed by atoms with Gasteiger partial charge in [0.15, 0.2) is 0 Å². The van der Waals surface area contributed by atoms with E-state index < -0.39 is 0 Å². The van der Waals surface area contributed by atoms with Crippen molar-refractivity contribution < 1.29 is 9.53 Å². The fraction of sp³-hybridized carbons (Fsp3) is 0.889. The number of carbonyl (C=O) groups is 1. The quantitative estimate of drug-likeness (QED) is 0.653. The Hall–Kier alpha value is -0.610. The molecule has 3 N–H and O–H groups in total. The second-order valence-corrected chi connectivity index (χ2v) is 3.53. The molecule has 3 atom stereocenters. The van der Waals surface area contributed by atoms with Gasteiger partial charge in [0.2, 0.25) is 5.91 Å². The van der Waals surface area contributed by atoms with Gasteiger partial charge in [-0.3, -0.25) is 4.79 Å². The van der Waals surface area contributed by atoms with Crippen LogP contribution >= 0.6 is 0 Å². The minimum absolute atomic E-state index is 0.0623. The van der Waals surface area contributed by atoms with Crippen molar-refractivity contribution in [3.63, 3.8) is 0 Å². The smallest absolute Gasteiger partial charge is 0.248 e. The van der Waals surface area contributed by atoms with Crippen molar-refractivity contribution >= 4 is 5.91 Å². The summed E-state index contributed by atoms with van der Waals surface area (Å²) in [5, 5.41) is 2.55. The lowest BCUT2D eigenvalue weighted by Gasteiger charge is -2.20. The zero-order valence-electron chi connectivity index (χ0n) is 8.25. The van der Waals surface area contributed by atoms with Crippen LogP contribution in [0.3, 0.4) is 0 Å². The first-order valence-electron chi connectivity index (χ1n) is 4.77. The van der Waals surface area contributed by atoms with E-state index in [0.717, 1.165) is 19.3 Å². The number of hydrogen-bond donors (Lipinski definition) is 2. The molecule has 0 radical (unpaired) electrons. The predicted molar refractivity (Wildman–Crippen MR) is 50.2 cm³/mol. The number of likely N-dealkylation sites (N-methyl/N-ethyl adjacent to an activating group) is 1. The second-order valence-electron chi connectivity index (χ2n) is 3.53. The average molecular weight is 186 g/mol. The number of rotatable bonds is 3. The molecule has 0 heterocycles. The van der Waals surface area contributed by atoms with Crippen LogP contribution in [0.2, 0.25) is 0 Å². The number of ether oxygens (including phenoxy) is 1. The molecule has 3 unspecified atom stereocenters. The Morgan fingerprint density at radius 1 is 1.62 bits per heavy atom. The third-order valence-corrected chi connectivity index (χ3v) is 2.50. The highest BCUT2D eigenvalue weighted by atomic mass is 16.5. The van der Waals surface area contributed by atoms with Crippen molar-refractivity contribution in [2.75, 3.05) is 7.05 Å². The number of carbonyl (C=O) groups excluding carboxylic acids is 1. The highest BCUT2D eigenvalue weighted by Crippen LogP contribution is 2.21. The summed E-state index contributed by atoms with van der Waals surface area (Å²) in [5.74, 6) is -0.0842. The second kappa shape index (κ2) is 4.58. The van der Waals surface area contributed by atoms with Crippen molar-refractivity contribution in [2.24, 2.45) is 5.73 Å². The van der Waals surface area contributed by atoms with Crippen LogP contribution in [0.25, 0.3) is 0 Å². The molecule has 0 aromatic carbocycles. The maximum atomic E-state index is 11.1. The van der Waals surface area contributed by atoms with Crippen LogP contribution in [0.5, 0.6) is 0 Å². The molecule has 0 bridgehead atoms. The van der Waals surface area contributed by atoms with Crippen molar-refractivity contribution in [3.8, 4) is 0 Å². The van der Waals surface area contributed by atoms with Crippen molar-refractivity contribution in [1.29, 1.82) is 0 Å². The zero-order valence-corrected chi connectivity index (χ0v) is 8.25. The Balaban J connectivity index is 2.34. The lowest BCUT2D eigenvalue weighted by Crippen LogP contribution is -2.39. The standard InChI is InChI=1S/C9H18N2O2/c1-6(9(12)11-2)13-8-5-3-4-7(8)10/h6-8H,3-5,10H2,1-2H3,(H,11,12). The largest absolute Gasteiger partial charge is 0.364 e. The first-order valence-corrected chi connectivity index (χ1v) is 4.77. The van der Waals surface area contributed by atoms with E-state index in [1.807, 2.05) is 0 Å². The van der Waals surface area contributed by atoms with Crippen molar-refractivity contribution in [1.82, 2.24) is 5.32 Å². The molecule has 13 heavy (non-hydrogen) atoms. The maximum Gasteiger partial charge on any atom is 0.248 e. The first-order chi connectivity index (χ1) is 6.15. The molecule has 1 aliphatic carbocycles. The summed E-state index contributed by atoms with van der Waals surface area (Å²) in [5.41, 5.74) is 5.81. The van der Waals surface area contributed by atoms with Crippen LogP contribution in [0, 0.1) is 0 Å². The highest BCUT2D eigenvalue weighted by Gasteiger charge is 2.27. The molecule has 0 aliphatic heterocycles. The topological polar surface area (TPSA) is 64.3 Å². The highest BCUT2D eigenvalue weighted by molar-refractivity contribution is 5.79. The van der Waals surface area contributed by atoms with Gasteiger partial charge in [-0.2, -0.15) is 0 Å². The molecule has 1 fully saturated rings. The van der Waals surface area contributed by atoms with Gasteiger partial charge in [0.1, 0.15) is 6.10 Å². The van der Waals surface area contributed by atoms with Gasteiger partial charge in [0.25, 0.3) is 0 Å². The van der Waals surface area contributed by atoms with Crippen molar-refractivity contribution in [2.45, 2.75) is 44.4 Å². The summed E-state index contributed by atoms with van der Waals surface area (Å²) >= 11 is 0. The van der Waals surface area contributed by atoms with Gasteiger partial charge in [0, 0.05) is 13.1 Å². The molecule has 4 nitrogen and oxygen atoms in total. The predicted octanol–water partition coefficient (Wildman–Crippen LogP) is 0.0173. The fourth-order valence-corrected chi connectivity index (χ4v) is 1.65. The number of amides is 1. The average Bonchev–Trinajstić information content (AvgIpc) is 2.50. The summed E-state index contributed by atoms with van der Waals surface area (Å²) in [7, 11) is 1.61. The van der Waals surface area contributed by atoms with Crippen LogP contribution in [-0.2, 0) is 9.53 Å². The molecule has 1 rings (SSSR count). The lowest BCUT2D eigenvalue weighted by molar-refractivity contribution is -0.135.